The molecule has 1 fully saturated rings. The third-order valence-electron chi connectivity index (χ3n) is 4.44. The van der Waals surface area contributed by atoms with Crippen molar-refractivity contribution in [2.45, 2.75) is 32.4 Å². The zero-order chi connectivity index (χ0) is 16.1. The molecule has 4 nitrogen and oxygen atoms in total. The third kappa shape index (κ3) is 5.75. The first-order valence-corrected chi connectivity index (χ1v) is 7.92. The molecule has 1 aliphatic rings. The molecule has 0 bridgehead atoms. The van der Waals surface area contributed by atoms with Crippen molar-refractivity contribution < 1.29 is 9.18 Å². The smallest absolute Gasteiger partial charge is 0.236 e. The van der Waals surface area contributed by atoms with Gasteiger partial charge in [0.05, 0.1) is 6.54 Å². The fourth-order valence-electron chi connectivity index (χ4n) is 2.95. The first-order valence-electron chi connectivity index (χ1n) is 7.92. The minimum atomic E-state index is -0.267. The average Bonchev–Trinajstić information content (AvgIpc) is 2.49. The van der Waals surface area contributed by atoms with E-state index in [1.165, 1.54) is 6.07 Å². The molecule has 1 saturated heterocycles. The molecule has 1 aromatic rings. The number of carbonyl (C=O) groups excluding carboxylic acids is 1. The molecular weight excluding hydrogens is 317 g/mol. The summed E-state index contributed by atoms with van der Waals surface area (Å²) < 4.78 is 13.6. The Hall–Kier alpha value is -1.17. The molecule has 2 atom stereocenters. The summed E-state index contributed by atoms with van der Waals surface area (Å²) in [6.07, 6.45) is 2.21. The van der Waals surface area contributed by atoms with Crippen LogP contribution in [-0.2, 0) is 11.3 Å². The van der Waals surface area contributed by atoms with Gasteiger partial charge in [0.15, 0.2) is 0 Å². The van der Waals surface area contributed by atoms with Gasteiger partial charge in [-0.1, -0.05) is 18.2 Å². The van der Waals surface area contributed by atoms with Crippen LogP contribution in [0.1, 0.15) is 25.3 Å². The molecule has 0 radical (unpaired) electrons. The average molecular weight is 344 g/mol. The largest absolute Gasteiger partial charge is 0.340 e. The number of hydrogen-bond acceptors (Lipinski definition) is 3. The monoisotopic (exact) mass is 343 g/mol. The van der Waals surface area contributed by atoms with Crippen molar-refractivity contribution in [3.05, 3.63) is 35.6 Å². The van der Waals surface area contributed by atoms with E-state index in [0.717, 1.165) is 25.9 Å². The first-order chi connectivity index (χ1) is 10.5. The van der Waals surface area contributed by atoms with Crippen LogP contribution in [0.25, 0.3) is 0 Å². The molecule has 0 spiro atoms. The van der Waals surface area contributed by atoms with E-state index in [0.29, 0.717) is 24.6 Å². The van der Waals surface area contributed by atoms with Gasteiger partial charge in [0.25, 0.3) is 0 Å². The van der Waals surface area contributed by atoms with Crippen LogP contribution in [0, 0.1) is 11.7 Å². The van der Waals surface area contributed by atoms with Crippen molar-refractivity contribution in [2.75, 3.05) is 26.7 Å². The lowest BCUT2D eigenvalue weighted by Crippen LogP contribution is -2.46. The Balaban J connectivity index is 0.00000264. The van der Waals surface area contributed by atoms with Gasteiger partial charge in [-0.2, -0.15) is 0 Å². The van der Waals surface area contributed by atoms with Crippen molar-refractivity contribution in [2.24, 2.45) is 11.7 Å². The molecule has 2 N–H and O–H groups in total. The summed E-state index contributed by atoms with van der Waals surface area (Å²) >= 11 is 0. The van der Waals surface area contributed by atoms with Crippen LogP contribution in [0.3, 0.4) is 0 Å². The summed E-state index contributed by atoms with van der Waals surface area (Å²) in [5.41, 5.74) is 6.52. The fourth-order valence-corrected chi connectivity index (χ4v) is 2.95. The topological polar surface area (TPSA) is 49.6 Å². The van der Waals surface area contributed by atoms with Gasteiger partial charge in [-0.25, -0.2) is 4.39 Å². The van der Waals surface area contributed by atoms with Crippen LogP contribution in [-0.4, -0.2) is 48.4 Å². The van der Waals surface area contributed by atoms with Crippen LogP contribution >= 0.6 is 12.4 Å². The van der Waals surface area contributed by atoms with Crippen molar-refractivity contribution in [3.8, 4) is 0 Å². The van der Waals surface area contributed by atoms with E-state index >= 15 is 0 Å². The number of nitrogens with zero attached hydrogens (tertiary/aromatic N) is 2. The predicted molar refractivity (Wildman–Crippen MR) is 92.9 cm³/mol. The summed E-state index contributed by atoms with van der Waals surface area (Å²) in [5.74, 6) is 0.212. The minimum Gasteiger partial charge on any atom is -0.340 e. The number of piperidine rings is 1. The highest BCUT2D eigenvalue weighted by atomic mass is 35.5. The van der Waals surface area contributed by atoms with Crippen LogP contribution < -0.4 is 5.73 Å². The Morgan fingerprint density at radius 2 is 2.17 bits per heavy atom. The van der Waals surface area contributed by atoms with Gasteiger partial charge in [-0.15, -0.1) is 12.4 Å². The number of amides is 1. The Labute approximate surface area is 144 Å². The lowest BCUT2D eigenvalue weighted by atomic mass is 9.92. The summed E-state index contributed by atoms with van der Waals surface area (Å²) in [6.45, 7) is 4.52. The molecule has 0 aromatic heterocycles. The second-order valence-corrected chi connectivity index (χ2v) is 6.34. The maximum Gasteiger partial charge on any atom is 0.236 e. The normalized spacial score (nSPS) is 19.7. The van der Waals surface area contributed by atoms with Crippen LogP contribution in [0.2, 0.25) is 0 Å². The number of carbonyl (C=O) groups is 1. The van der Waals surface area contributed by atoms with Gasteiger partial charge in [0.1, 0.15) is 5.82 Å². The third-order valence-corrected chi connectivity index (χ3v) is 4.44. The quantitative estimate of drug-likeness (QED) is 0.892. The first kappa shape index (κ1) is 19.9. The summed E-state index contributed by atoms with van der Waals surface area (Å²) in [5, 5.41) is 0. The van der Waals surface area contributed by atoms with Gasteiger partial charge in [0, 0.05) is 31.7 Å². The zero-order valence-corrected chi connectivity index (χ0v) is 14.7. The molecule has 2 rings (SSSR count). The zero-order valence-electron chi connectivity index (χ0n) is 13.9. The molecule has 0 saturated carbocycles. The van der Waals surface area contributed by atoms with Crippen LogP contribution in [0.4, 0.5) is 4.39 Å². The molecule has 1 aliphatic heterocycles. The van der Waals surface area contributed by atoms with Gasteiger partial charge < -0.3 is 10.6 Å². The number of likely N-dealkylation sites (N-methyl/N-ethyl adjacent to an activating group) is 1. The number of halogens is 2. The van der Waals surface area contributed by atoms with E-state index in [-0.39, 0.29) is 30.2 Å². The molecule has 130 valence electrons. The lowest BCUT2D eigenvalue weighted by molar-refractivity contribution is -0.132. The Bertz CT molecular complexity index is 512. The van der Waals surface area contributed by atoms with Crippen molar-refractivity contribution >= 4 is 18.3 Å². The number of benzene rings is 1. The van der Waals surface area contributed by atoms with E-state index in [2.05, 4.69) is 4.90 Å². The number of hydrogen-bond donors (Lipinski definition) is 1. The highest BCUT2D eigenvalue weighted by molar-refractivity contribution is 5.85. The second kappa shape index (κ2) is 9.21. The molecule has 1 amide bonds. The molecule has 6 heteroatoms. The Morgan fingerprint density at radius 1 is 1.48 bits per heavy atom. The molecular formula is C17H27ClFN3O. The number of rotatable bonds is 5. The summed E-state index contributed by atoms with van der Waals surface area (Å²) in [4.78, 5) is 16.1. The standard InChI is InChI=1S/C17H26FN3O.ClH/c1-13(19)14-7-5-9-21(11-14)12-17(22)20(2)10-15-6-3-4-8-16(15)18;/h3-4,6,8,13-14H,5,7,9-12,19H2,1-2H3;1H. The maximum absolute atomic E-state index is 13.6. The second-order valence-electron chi connectivity index (χ2n) is 6.34. The van der Waals surface area contributed by atoms with E-state index in [1.807, 2.05) is 6.92 Å². The van der Waals surface area contributed by atoms with Gasteiger partial charge in [0.2, 0.25) is 5.91 Å². The molecule has 0 aliphatic carbocycles. The summed E-state index contributed by atoms with van der Waals surface area (Å²) in [6, 6.07) is 6.74. The Kier molecular flexibility index (Phi) is 7.95. The molecule has 23 heavy (non-hydrogen) atoms. The molecule has 1 heterocycles. The highest BCUT2D eigenvalue weighted by Gasteiger charge is 2.24. The highest BCUT2D eigenvalue weighted by Crippen LogP contribution is 2.18. The van der Waals surface area contributed by atoms with E-state index in [4.69, 9.17) is 5.73 Å². The minimum absolute atomic E-state index is 0. The summed E-state index contributed by atoms with van der Waals surface area (Å²) in [7, 11) is 1.72. The van der Waals surface area contributed by atoms with Crippen LogP contribution in [0.5, 0.6) is 0 Å². The number of likely N-dealkylation sites (tertiary alicyclic amines) is 1. The lowest BCUT2D eigenvalue weighted by Gasteiger charge is -2.35. The van der Waals surface area contributed by atoms with Gasteiger partial charge in [-0.05, 0) is 38.3 Å². The van der Waals surface area contributed by atoms with Crippen LogP contribution in [0.15, 0.2) is 24.3 Å². The van der Waals surface area contributed by atoms with E-state index in [1.54, 1.807) is 30.1 Å². The predicted octanol–water partition coefficient (Wildman–Crippen LogP) is 2.27. The van der Waals surface area contributed by atoms with Crippen molar-refractivity contribution in [1.82, 2.24) is 9.80 Å². The number of nitrogens with two attached hydrogens (primary N) is 1. The van der Waals surface area contributed by atoms with Gasteiger partial charge >= 0.3 is 0 Å². The Morgan fingerprint density at radius 3 is 2.83 bits per heavy atom. The van der Waals surface area contributed by atoms with Crippen molar-refractivity contribution in [3.63, 3.8) is 0 Å². The SMILES string of the molecule is CC(N)C1CCCN(CC(=O)N(C)Cc2ccccc2F)C1.Cl. The van der Waals surface area contributed by atoms with Crippen molar-refractivity contribution in [1.29, 1.82) is 0 Å². The molecule has 1 aromatic carbocycles. The maximum atomic E-state index is 13.6. The van der Waals surface area contributed by atoms with E-state index < -0.39 is 0 Å². The van der Waals surface area contributed by atoms with E-state index in [9.17, 15) is 9.18 Å². The fraction of sp³-hybridized carbons (Fsp3) is 0.588. The molecule has 2 unspecified atom stereocenters. The van der Waals surface area contributed by atoms with Gasteiger partial charge in [-0.3, -0.25) is 9.69 Å².